The van der Waals surface area contributed by atoms with E-state index in [0.29, 0.717) is 0 Å². The summed E-state index contributed by atoms with van der Waals surface area (Å²) >= 11 is 3.46. The summed E-state index contributed by atoms with van der Waals surface area (Å²) in [7, 11) is -1.48. The van der Waals surface area contributed by atoms with E-state index in [4.69, 9.17) is 4.42 Å². The van der Waals surface area contributed by atoms with Crippen molar-refractivity contribution in [3.8, 4) is 0 Å². The molecule has 0 spiro atoms. The summed E-state index contributed by atoms with van der Waals surface area (Å²) in [5, 5.41) is 1.23. The lowest BCUT2D eigenvalue weighted by molar-refractivity contribution is 0.411. The van der Waals surface area contributed by atoms with Gasteiger partial charge in [0.25, 0.3) is 0 Å². The van der Waals surface area contributed by atoms with E-state index in [-0.39, 0.29) is 5.41 Å². The van der Waals surface area contributed by atoms with Crippen LogP contribution >= 0.6 is 15.9 Å². The van der Waals surface area contributed by atoms with Crippen molar-refractivity contribution in [2.75, 3.05) is 0 Å². The third-order valence-corrected chi connectivity index (χ3v) is 5.38. The minimum Gasteiger partial charge on any atom is -0.440 e. The Morgan fingerprint density at radius 3 is 2.33 bits per heavy atom. The maximum atomic E-state index is 6.02. The van der Waals surface area contributed by atoms with Gasteiger partial charge < -0.3 is 4.42 Å². The van der Waals surface area contributed by atoms with Gasteiger partial charge in [-0.15, -0.1) is 0 Å². The van der Waals surface area contributed by atoms with Crippen LogP contribution in [0.5, 0.6) is 0 Å². The maximum absolute atomic E-state index is 6.02. The summed E-state index contributed by atoms with van der Waals surface area (Å²) in [5.41, 5.74) is 1.66. The Labute approximate surface area is 117 Å². The minimum atomic E-state index is -1.48. The summed E-state index contributed by atoms with van der Waals surface area (Å²) < 4.78 is 6.79. The highest BCUT2D eigenvalue weighted by Crippen LogP contribution is 2.28. The van der Waals surface area contributed by atoms with Gasteiger partial charge in [-0.05, 0) is 15.9 Å². The van der Waals surface area contributed by atoms with Crippen LogP contribution in [0.4, 0.5) is 0 Å². The summed E-state index contributed by atoms with van der Waals surface area (Å²) in [6.07, 6.45) is 1.93. The van der Waals surface area contributed by atoms with Gasteiger partial charge in [-0.2, -0.15) is 0 Å². The molecular weight excluding hydrogens is 308 g/mol. The third kappa shape index (κ3) is 2.38. The molecule has 2 heterocycles. The SMILES string of the molecule is CC(C)(C)c1nc2c(Br)ncc([Si](C)(C)C)c2o1. The van der Waals surface area contributed by atoms with E-state index in [9.17, 15) is 0 Å². The molecule has 98 valence electrons. The highest BCUT2D eigenvalue weighted by Gasteiger charge is 2.27. The van der Waals surface area contributed by atoms with Crippen LogP contribution in [0.1, 0.15) is 26.7 Å². The van der Waals surface area contributed by atoms with E-state index < -0.39 is 8.07 Å². The highest BCUT2D eigenvalue weighted by atomic mass is 79.9. The topological polar surface area (TPSA) is 38.9 Å². The number of rotatable bonds is 1. The Bertz CT molecular complexity index is 593. The van der Waals surface area contributed by atoms with Crippen molar-refractivity contribution in [3.05, 3.63) is 16.7 Å². The van der Waals surface area contributed by atoms with Crippen LogP contribution in [0, 0.1) is 0 Å². The molecule has 18 heavy (non-hydrogen) atoms. The lowest BCUT2D eigenvalue weighted by atomic mass is 9.97. The maximum Gasteiger partial charge on any atom is 0.200 e. The van der Waals surface area contributed by atoms with Crippen LogP contribution in [-0.4, -0.2) is 18.0 Å². The molecule has 0 fully saturated rings. The van der Waals surface area contributed by atoms with Crippen LogP contribution < -0.4 is 5.19 Å². The van der Waals surface area contributed by atoms with Crippen molar-refractivity contribution in [2.45, 2.75) is 45.8 Å². The fraction of sp³-hybridized carbons (Fsp3) is 0.538. The number of fused-ring (bicyclic) bond motifs is 1. The number of pyridine rings is 1. The quantitative estimate of drug-likeness (QED) is 0.590. The van der Waals surface area contributed by atoms with E-state index in [1.165, 1.54) is 5.19 Å². The molecule has 0 aliphatic rings. The molecule has 0 bridgehead atoms. The number of nitrogens with zero attached hydrogens (tertiary/aromatic N) is 2. The molecule has 0 aromatic carbocycles. The van der Waals surface area contributed by atoms with Crippen molar-refractivity contribution in [3.63, 3.8) is 0 Å². The fourth-order valence-electron chi connectivity index (χ4n) is 1.74. The van der Waals surface area contributed by atoms with Crippen molar-refractivity contribution >= 4 is 40.3 Å². The second-order valence-electron chi connectivity index (χ2n) is 6.66. The molecule has 5 heteroatoms. The van der Waals surface area contributed by atoms with E-state index >= 15 is 0 Å². The molecule has 0 saturated carbocycles. The van der Waals surface area contributed by atoms with Crippen LogP contribution in [-0.2, 0) is 5.41 Å². The van der Waals surface area contributed by atoms with Crippen molar-refractivity contribution in [1.82, 2.24) is 9.97 Å². The van der Waals surface area contributed by atoms with Gasteiger partial charge in [-0.1, -0.05) is 40.4 Å². The normalized spacial score (nSPS) is 13.3. The van der Waals surface area contributed by atoms with E-state index in [0.717, 1.165) is 21.6 Å². The molecule has 3 nitrogen and oxygen atoms in total. The average Bonchev–Trinajstić information content (AvgIpc) is 2.60. The highest BCUT2D eigenvalue weighted by molar-refractivity contribution is 9.10. The predicted molar refractivity (Wildman–Crippen MR) is 81.2 cm³/mol. The second-order valence-corrected chi connectivity index (χ2v) is 12.4. The molecule has 0 saturated heterocycles. The van der Waals surface area contributed by atoms with Crippen molar-refractivity contribution < 1.29 is 4.42 Å². The van der Waals surface area contributed by atoms with Gasteiger partial charge in [-0.3, -0.25) is 0 Å². The molecule has 2 rings (SSSR count). The summed E-state index contributed by atoms with van der Waals surface area (Å²) in [4.78, 5) is 9.00. The van der Waals surface area contributed by atoms with Gasteiger partial charge >= 0.3 is 0 Å². The number of hydrogen-bond acceptors (Lipinski definition) is 3. The Morgan fingerprint density at radius 2 is 1.83 bits per heavy atom. The van der Waals surface area contributed by atoms with E-state index in [2.05, 4.69) is 66.3 Å². The van der Waals surface area contributed by atoms with Gasteiger partial charge in [0, 0.05) is 16.8 Å². The lowest BCUT2D eigenvalue weighted by Crippen LogP contribution is -2.38. The van der Waals surface area contributed by atoms with Crippen LogP contribution in [0.15, 0.2) is 15.2 Å². The third-order valence-electron chi connectivity index (χ3n) is 2.82. The van der Waals surface area contributed by atoms with Gasteiger partial charge in [-0.25, -0.2) is 9.97 Å². The standard InChI is InChI=1S/C13H19BrN2OSi/c1-13(2,3)12-16-9-10(17-12)8(18(4,5)6)7-15-11(9)14/h7H,1-6H3. The number of hydrogen-bond donors (Lipinski definition) is 0. The van der Waals surface area contributed by atoms with Gasteiger partial charge in [0.2, 0.25) is 5.89 Å². The zero-order valence-electron chi connectivity index (χ0n) is 11.8. The summed E-state index contributed by atoms with van der Waals surface area (Å²) in [5.74, 6) is 0.769. The lowest BCUT2D eigenvalue weighted by Gasteiger charge is -2.16. The Hall–Kier alpha value is -0.683. The Morgan fingerprint density at radius 1 is 1.22 bits per heavy atom. The molecule has 0 amide bonds. The average molecular weight is 327 g/mol. The first-order valence-corrected chi connectivity index (χ1v) is 10.4. The minimum absolute atomic E-state index is 0.0881. The number of halogens is 1. The predicted octanol–water partition coefficient (Wildman–Crippen LogP) is 3.83. The van der Waals surface area contributed by atoms with Gasteiger partial charge in [0.05, 0.1) is 8.07 Å². The largest absolute Gasteiger partial charge is 0.440 e. The molecule has 0 aliphatic carbocycles. The Kier molecular flexibility index (Phi) is 3.18. The zero-order valence-corrected chi connectivity index (χ0v) is 14.3. The van der Waals surface area contributed by atoms with Crippen molar-refractivity contribution in [2.24, 2.45) is 0 Å². The van der Waals surface area contributed by atoms with Crippen LogP contribution in [0.2, 0.25) is 19.6 Å². The first kappa shape index (κ1) is 13.7. The Balaban J connectivity index is 2.78. The summed E-state index contributed by atoms with van der Waals surface area (Å²) in [6, 6.07) is 0. The van der Waals surface area contributed by atoms with Crippen LogP contribution in [0.3, 0.4) is 0 Å². The first-order chi connectivity index (χ1) is 8.10. The number of oxazole rings is 1. The van der Waals surface area contributed by atoms with E-state index in [1.807, 2.05) is 6.20 Å². The molecule has 2 aromatic rings. The zero-order chi connectivity index (χ0) is 13.7. The number of aromatic nitrogens is 2. The molecule has 2 aromatic heterocycles. The van der Waals surface area contributed by atoms with E-state index in [1.54, 1.807) is 0 Å². The monoisotopic (exact) mass is 326 g/mol. The molecule has 0 atom stereocenters. The van der Waals surface area contributed by atoms with Crippen LogP contribution in [0.25, 0.3) is 11.1 Å². The van der Waals surface area contributed by atoms with Gasteiger partial charge in [0.1, 0.15) is 10.1 Å². The summed E-state index contributed by atoms with van der Waals surface area (Å²) in [6.45, 7) is 13.2. The molecule has 0 aliphatic heterocycles. The smallest absolute Gasteiger partial charge is 0.200 e. The molecule has 0 N–H and O–H groups in total. The van der Waals surface area contributed by atoms with Gasteiger partial charge in [0.15, 0.2) is 5.58 Å². The molecular formula is C13H19BrN2OSi. The molecule has 0 radical (unpaired) electrons. The van der Waals surface area contributed by atoms with Crippen molar-refractivity contribution in [1.29, 1.82) is 0 Å². The second kappa shape index (κ2) is 4.16. The fourth-order valence-corrected chi connectivity index (χ4v) is 3.41. The molecule has 0 unspecified atom stereocenters. The first-order valence-electron chi connectivity index (χ1n) is 6.06.